The molecule has 0 bridgehead atoms. The lowest BCUT2D eigenvalue weighted by Gasteiger charge is -2.31. The summed E-state index contributed by atoms with van der Waals surface area (Å²) in [7, 11) is 0. The number of esters is 1. The first-order valence-corrected chi connectivity index (χ1v) is 15.7. The Hall–Kier alpha value is -4.18. The Morgan fingerprint density at radius 1 is 0.956 bits per heavy atom. The first kappa shape index (κ1) is 32.2. The van der Waals surface area contributed by atoms with E-state index in [-0.39, 0.29) is 36.0 Å². The molecule has 9 nitrogen and oxygen atoms in total. The van der Waals surface area contributed by atoms with Crippen LogP contribution in [-0.4, -0.2) is 79.3 Å². The zero-order valence-corrected chi connectivity index (χ0v) is 26.2. The molecule has 0 saturated carbocycles. The van der Waals surface area contributed by atoms with E-state index >= 15 is 0 Å². The van der Waals surface area contributed by atoms with Gasteiger partial charge in [0.2, 0.25) is 17.5 Å². The summed E-state index contributed by atoms with van der Waals surface area (Å²) in [5.41, 5.74) is 3.20. The molecule has 1 aliphatic heterocycles. The van der Waals surface area contributed by atoms with Crippen LogP contribution in [0.2, 0.25) is 5.02 Å². The van der Waals surface area contributed by atoms with Crippen molar-refractivity contribution in [3.63, 3.8) is 0 Å². The second kappa shape index (κ2) is 16.2. The van der Waals surface area contributed by atoms with E-state index in [1.807, 2.05) is 48.5 Å². The van der Waals surface area contributed by atoms with Crippen LogP contribution in [0.1, 0.15) is 52.3 Å². The Bertz CT molecular complexity index is 1470. The molecule has 2 amide bonds. The highest BCUT2D eigenvalue weighted by Gasteiger charge is 2.26. The van der Waals surface area contributed by atoms with Gasteiger partial charge < -0.3 is 18.8 Å². The van der Waals surface area contributed by atoms with E-state index in [1.165, 1.54) is 11.1 Å². The van der Waals surface area contributed by atoms with Crippen LogP contribution in [0.25, 0.3) is 0 Å². The molecule has 1 fully saturated rings. The maximum Gasteiger partial charge on any atom is 0.362 e. The van der Waals surface area contributed by atoms with Gasteiger partial charge in [0.05, 0.1) is 19.8 Å². The minimum absolute atomic E-state index is 0.0264. The second-order valence-electron chi connectivity index (χ2n) is 10.8. The number of anilines is 1. The standard InChI is InChI=1S/C35H39ClN4O5/c1-2-44-34(41)32-33(45-31(37-32)25-26-13-15-29(36)16-14-26)38-35(42)40(20-19-39-21-23-43-24-22-39)18-17-30(27-9-5-3-6-10-27)28-11-7-4-8-12-28/h3-16,30H,2,17-25H2,1H3,(H,38,42). The lowest BCUT2D eigenvalue weighted by molar-refractivity contribution is 0.0351. The van der Waals surface area contributed by atoms with Crippen molar-refractivity contribution in [2.45, 2.75) is 25.7 Å². The van der Waals surface area contributed by atoms with Crippen LogP contribution < -0.4 is 5.32 Å². The molecule has 2 heterocycles. The van der Waals surface area contributed by atoms with Gasteiger partial charge in [-0.15, -0.1) is 0 Å². The first-order valence-electron chi connectivity index (χ1n) is 15.4. The number of morpholine rings is 1. The van der Waals surface area contributed by atoms with E-state index in [4.69, 9.17) is 25.5 Å². The minimum Gasteiger partial charge on any atom is -0.461 e. The maximum absolute atomic E-state index is 13.9. The first-order chi connectivity index (χ1) is 22.0. The zero-order valence-electron chi connectivity index (χ0n) is 25.5. The number of urea groups is 1. The second-order valence-corrected chi connectivity index (χ2v) is 11.3. The fourth-order valence-corrected chi connectivity index (χ4v) is 5.52. The summed E-state index contributed by atoms with van der Waals surface area (Å²) in [6.45, 7) is 6.52. The molecule has 1 aliphatic rings. The average Bonchev–Trinajstić information content (AvgIpc) is 3.47. The van der Waals surface area contributed by atoms with Crippen LogP contribution in [0, 0.1) is 0 Å². The van der Waals surface area contributed by atoms with Gasteiger partial charge in [0, 0.05) is 50.1 Å². The van der Waals surface area contributed by atoms with E-state index < -0.39 is 5.97 Å². The molecule has 1 N–H and O–H groups in total. The van der Waals surface area contributed by atoms with E-state index in [0.29, 0.717) is 50.7 Å². The number of amides is 2. The number of hydrogen-bond donors (Lipinski definition) is 1. The molecule has 1 aromatic heterocycles. The third-order valence-electron chi connectivity index (χ3n) is 7.80. The van der Waals surface area contributed by atoms with Gasteiger partial charge in [-0.05, 0) is 42.2 Å². The van der Waals surface area contributed by atoms with Crippen molar-refractivity contribution in [2.24, 2.45) is 0 Å². The van der Waals surface area contributed by atoms with Crippen molar-refractivity contribution >= 4 is 29.5 Å². The normalized spacial score (nSPS) is 13.5. The van der Waals surface area contributed by atoms with E-state index in [9.17, 15) is 9.59 Å². The molecule has 3 aromatic carbocycles. The predicted molar refractivity (Wildman–Crippen MR) is 174 cm³/mol. The van der Waals surface area contributed by atoms with Gasteiger partial charge in [0.1, 0.15) is 0 Å². The summed E-state index contributed by atoms with van der Waals surface area (Å²) in [5.74, 6) is -0.311. The fourth-order valence-electron chi connectivity index (χ4n) is 5.40. The highest BCUT2D eigenvalue weighted by molar-refractivity contribution is 6.30. The van der Waals surface area contributed by atoms with Gasteiger partial charge in [-0.1, -0.05) is 84.4 Å². The number of benzene rings is 3. The number of aromatic nitrogens is 1. The quantitative estimate of drug-likeness (QED) is 0.169. The number of rotatable bonds is 13. The third kappa shape index (κ3) is 9.17. The lowest BCUT2D eigenvalue weighted by atomic mass is 9.88. The number of carbonyl (C=O) groups excluding carboxylic acids is 2. The molecular weight excluding hydrogens is 592 g/mol. The molecule has 45 heavy (non-hydrogen) atoms. The monoisotopic (exact) mass is 630 g/mol. The third-order valence-corrected chi connectivity index (χ3v) is 8.05. The number of carbonyl (C=O) groups is 2. The number of ether oxygens (including phenoxy) is 2. The predicted octanol–water partition coefficient (Wildman–Crippen LogP) is 6.48. The van der Waals surface area contributed by atoms with Crippen molar-refractivity contribution in [2.75, 3.05) is 57.9 Å². The van der Waals surface area contributed by atoms with Crippen molar-refractivity contribution in [1.82, 2.24) is 14.8 Å². The topological polar surface area (TPSA) is 97.1 Å². The Kier molecular flexibility index (Phi) is 11.6. The number of nitrogens with one attached hydrogen (secondary N) is 1. The van der Waals surface area contributed by atoms with Crippen molar-refractivity contribution in [3.05, 3.63) is 118 Å². The average molecular weight is 631 g/mol. The Labute approximate surface area is 269 Å². The van der Waals surface area contributed by atoms with E-state index in [0.717, 1.165) is 18.7 Å². The summed E-state index contributed by atoms with van der Waals surface area (Å²) in [5, 5.41) is 3.46. The fraction of sp³-hybridized carbons (Fsp3) is 0.343. The lowest BCUT2D eigenvalue weighted by Crippen LogP contribution is -2.44. The minimum atomic E-state index is -0.660. The molecule has 5 rings (SSSR count). The van der Waals surface area contributed by atoms with Crippen LogP contribution in [0.15, 0.2) is 89.3 Å². The van der Waals surface area contributed by atoms with Gasteiger partial charge >= 0.3 is 12.0 Å². The van der Waals surface area contributed by atoms with Crippen LogP contribution in [-0.2, 0) is 15.9 Å². The smallest absolute Gasteiger partial charge is 0.362 e. The highest BCUT2D eigenvalue weighted by atomic mass is 35.5. The van der Waals surface area contributed by atoms with Gasteiger partial charge in [-0.2, -0.15) is 0 Å². The van der Waals surface area contributed by atoms with E-state index in [2.05, 4.69) is 39.5 Å². The van der Waals surface area contributed by atoms with Gasteiger partial charge in [0.25, 0.3) is 0 Å². The SMILES string of the molecule is CCOC(=O)c1nc(Cc2ccc(Cl)cc2)oc1NC(=O)N(CCC(c1ccccc1)c1ccccc1)CCN1CCOCC1. The number of halogens is 1. The van der Waals surface area contributed by atoms with Crippen molar-refractivity contribution < 1.29 is 23.5 Å². The number of nitrogens with zero attached hydrogens (tertiary/aromatic N) is 3. The molecular formula is C35H39ClN4O5. The summed E-state index contributed by atoms with van der Waals surface area (Å²) in [4.78, 5) is 35.2. The molecule has 0 atom stereocenters. The van der Waals surface area contributed by atoms with Crippen LogP contribution in [0.4, 0.5) is 10.7 Å². The Morgan fingerprint density at radius 3 is 2.22 bits per heavy atom. The van der Waals surface area contributed by atoms with Crippen molar-refractivity contribution in [3.8, 4) is 0 Å². The summed E-state index contributed by atoms with van der Waals surface area (Å²) in [6, 6.07) is 27.6. The molecule has 0 radical (unpaired) electrons. The van der Waals surface area contributed by atoms with Crippen molar-refractivity contribution in [1.29, 1.82) is 0 Å². The Morgan fingerprint density at radius 2 is 1.60 bits per heavy atom. The zero-order chi connectivity index (χ0) is 31.4. The highest BCUT2D eigenvalue weighted by Crippen LogP contribution is 2.29. The van der Waals surface area contributed by atoms with Crippen LogP contribution in [0.5, 0.6) is 0 Å². The number of oxazole rings is 1. The summed E-state index contributed by atoms with van der Waals surface area (Å²) in [6.07, 6.45) is 1.02. The molecule has 4 aromatic rings. The summed E-state index contributed by atoms with van der Waals surface area (Å²) < 4.78 is 16.7. The molecule has 236 valence electrons. The molecule has 1 saturated heterocycles. The van der Waals surface area contributed by atoms with Gasteiger partial charge in [-0.25, -0.2) is 14.6 Å². The molecule has 0 unspecified atom stereocenters. The van der Waals surface area contributed by atoms with Gasteiger partial charge in [-0.3, -0.25) is 10.2 Å². The maximum atomic E-state index is 13.9. The summed E-state index contributed by atoms with van der Waals surface area (Å²) >= 11 is 6.04. The molecule has 10 heteroatoms. The van der Waals surface area contributed by atoms with Gasteiger partial charge in [0.15, 0.2) is 0 Å². The molecule has 0 aliphatic carbocycles. The van der Waals surface area contributed by atoms with E-state index in [1.54, 1.807) is 24.0 Å². The van der Waals surface area contributed by atoms with Crippen LogP contribution >= 0.6 is 11.6 Å². The van der Waals surface area contributed by atoms with Crippen LogP contribution in [0.3, 0.4) is 0 Å². The molecule has 0 spiro atoms. The Balaban J connectivity index is 1.37. The largest absolute Gasteiger partial charge is 0.461 e. The number of hydrogen-bond acceptors (Lipinski definition) is 7.